The molecule has 0 unspecified atom stereocenters. The Hall–Kier alpha value is -1.65. The number of ketones is 1. The first-order valence-corrected chi connectivity index (χ1v) is 7.19. The van der Waals surface area contributed by atoms with Crippen LogP contribution in [0.3, 0.4) is 0 Å². The Morgan fingerprint density at radius 2 is 2.15 bits per heavy atom. The Kier molecular flexibility index (Phi) is 5.32. The van der Waals surface area contributed by atoms with Crippen molar-refractivity contribution in [2.45, 2.75) is 13.8 Å². The van der Waals surface area contributed by atoms with Crippen molar-refractivity contribution in [3.8, 4) is 0 Å². The number of hydrogen-bond acceptors (Lipinski definition) is 3. The van der Waals surface area contributed by atoms with Gasteiger partial charge in [-0.2, -0.15) is 0 Å². The van der Waals surface area contributed by atoms with Gasteiger partial charge in [0, 0.05) is 41.8 Å². The second-order valence-electron chi connectivity index (χ2n) is 4.82. The first-order valence-electron chi connectivity index (χ1n) is 7.19. The van der Waals surface area contributed by atoms with Gasteiger partial charge in [0.2, 0.25) is 0 Å². The molecule has 1 heterocycles. The van der Waals surface area contributed by atoms with Gasteiger partial charge in [0.15, 0.2) is 5.78 Å². The fourth-order valence-corrected chi connectivity index (χ4v) is 2.24. The van der Waals surface area contributed by atoms with Crippen molar-refractivity contribution in [3.63, 3.8) is 0 Å². The minimum atomic E-state index is 0.126. The molecule has 1 aromatic heterocycles. The van der Waals surface area contributed by atoms with E-state index in [9.17, 15) is 4.79 Å². The number of nitrogens with one attached hydrogen (secondary N) is 2. The lowest BCUT2D eigenvalue weighted by atomic mass is 10.1. The summed E-state index contributed by atoms with van der Waals surface area (Å²) < 4.78 is 0. The molecule has 0 aliphatic rings. The molecule has 1 aromatic carbocycles. The number of carbonyl (C=O) groups excluding carboxylic acids is 1. The minimum Gasteiger partial charge on any atom is -0.361 e. The zero-order valence-corrected chi connectivity index (χ0v) is 12.2. The third kappa shape index (κ3) is 3.68. The highest BCUT2D eigenvalue weighted by Gasteiger charge is 2.07. The maximum atomic E-state index is 12.1. The molecule has 2 aromatic rings. The van der Waals surface area contributed by atoms with Crippen molar-refractivity contribution in [1.82, 2.24) is 15.2 Å². The van der Waals surface area contributed by atoms with Crippen LogP contribution in [0.2, 0.25) is 0 Å². The summed E-state index contributed by atoms with van der Waals surface area (Å²) in [6.07, 6.45) is 1.77. The fourth-order valence-electron chi connectivity index (χ4n) is 2.24. The molecule has 4 nitrogen and oxygen atoms in total. The second-order valence-corrected chi connectivity index (χ2v) is 4.82. The zero-order chi connectivity index (χ0) is 14.4. The summed E-state index contributed by atoms with van der Waals surface area (Å²) in [7, 11) is 0. The van der Waals surface area contributed by atoms with Crippen molar-refractivity contribution in [1.29, 1.82) is 0 Å². The SMILES string of the molecule is CCN(CC)CCNCC(=O)c1ccc2[c]c[nH]c2c1. The van der Waals surface area contributed by atoms with E-state index in [-0.39, 0.29) is 5.78 Å². The Morgan fingerprint density at radius 3 is 2.90 bits per heavy atom. The van der Waals surface area contributed by atoms with Crippen molar-refractivity contribution in [2.24, 2.45) is 0 Å². The van der Waals surface area contributed by atoms with Crippen LogP contribution in [0, 0.1) is 6.07 Å². The molecular weight excluding hydrogens is 250 g/mol. The van der Waals surface area contributed by atoms with Crippen molar-refractivity contribution in [3.05, 3.63) is 36.0 Å². The number of carbonyl (C=O) groups is 1. The number of likely N-dealkylation sites (N-methyl/N-ethyl adjacent to an activating group) is 1. The summed E-state index contributed by atoms with van der Waals surface area (Å²) in [5.41, 5.74) is 1.70. The molecule has 0 bridgehead atoms. The van der Waals surface area contributed by atoms with Gasteiger partial charge in [0.25, 0.3) is 0 Å². The standard InChI is InChI=1S/C16H22N3O/c1-3-19(4-2)10-9-17-12-16(20)14-6-5-13-7-8-18-15(13)11-14/h5-6,8,11,17-18H,3-4,9-10,12H2,1-2H3. The lowest BCUT2D eigenvalue weighted by molar-refractivity contribution is 0.0990. The Labute approximate surface area is 120 Å². The average Bonchev–Trinajstić information content (AvgIpc) is 2.94. The van der Waals surface area contributed by atoms with Crippen LogP contribution in [0.5, 0.6) is 0 Å². The normalized spacial score (nSPS) is 11.3. The van der Waals surface area contributed by atoms with Gasteiger partial charge < -0.3 is 15.2 Å². The number of benzene rings is 1. The summed E-state index contributed by atoms with van der Waals surface area (Å²) in [5, 5.41) is 4.23. The number of aromatic nitrogens is 1. The largest absolute Gasteiger partial charge is 0.361 e. The smallest absolute Gasteiger partial charge is 0.176 e. The van der Waals surface area contributed by atoms with Gasteiger partial charge in [-0.1, -0.05) is 26.0 Å². The van der Waals surface area contributed by atoms with Crippen LogP contribution in [0.4, 0.5) is 0 Å². The van der Waals surface area contributed by atoms with E-state index < -0.39 is 0 Å². The third-order valence-electron chi connectivity index (χ3n) is 3.58. The monoisotopic (exact) mass is 272 g/mol. The van der Waals surface area contributed by atoms with E-state index in [1.54, 1.807) is 6.20 Å². The molecule has 0 spiro atoms. The molecular formula is C16H22N3O. The van der Waals surface area contributed by atoms with Crippen LogP contribution in [-0.4, -0.2) is 48.4 Å². The minimum absolute atomic E-state index is 0.126. The van der Waals surface area contributed by atoms with E-state index in [0.717, 1.165) is 42.6 Å². The maximum Gasteiger partial charge on any atom is 0.176 e. The topological polar surface area (TPSA) is 48.1 Å². The van der Waals surface area contributed by atoms with E-state index in [1.165, 1.54) is 0 Å². The van der Waals surface area contributed by atoms with Gasteiger partial charge >= 0.3 is 0 Å². The molecule has 107 valence electrons. The average molecular weight is 272 g/mol. The van der Waals surface area contributed by atoms with E-state index in [2.05, 4.69) is 35.1 Å². The van der Waals surface area contributed by atoms with E-state index in [4.69, 9.17) is 0 Å². The molecule has 0 saturated heterocycles. The Bertz CT molecular complexity index is 558. The quantitative estimate of drug-likeness (QED) is 0.571. The third-order valence-corrected chi connectivity index (χ3v) is 3.58. The van der Waals surface area contributed by atoms with Gasteiger partial charge in [-0.15, -0.1) is 0 Å². The predicted molar refractivity (Wildman–Crippen MR) is 82.1 cm³/mol. The summed E-state index contributed by atoms with van der Waals surface area (Å²) in [6, 6.07) is 8.75. The number of H-pyrrole nitrogens is 1. The second kappa shape index (κ2) is 7.22. The predicted octanol–water partition coefficient (Wildman–Crippen LogP) is 2.08. The van der Waals surface area contributed by atoms with Crippen molar-refractivity contribution < 1.29 is 4.79 Å². The van der Waals surface area contributed by atoms with Gasteiger partial charge in [-0.3, -0.25) is 4.79 Å². The summed E-state index contributed by atoms with van der Waals surface area (Å²) >= 11 is 0. The first kappa shape index (κ1) is 14.8. The number of nitrogens with zero attached hydrogens (tertiary/aromatic N) is 1. The van der Waals surface area contributed by atoms with Crippen LogP contribution < -0.4 is 5.32 Å². The summed E-state index contributed by atoms with van der Waals surface area (Å²) in [5.74, 6) is 0.126. The van der Waals surface area contributed by atoms with Crippen LogP contribution in [-0.2, 0) is 0 Å². The van der Waals surface area contributed by atoms with Crippen LogP contribution in [0.25, 0.3) is 10.9 Å². The van der Waals surface area contributed by atoms with Gasteiger partial charge in [-0.05, 0) is 19.2 Å². The van der Waals surface area contributed by atoms with Gasteiger partial charge in [0.1, 0.15) is 0 Å². The van der Waals surface area contributed by atoms with Crippen LogP contribution in [0.1, 0.15) is 24.2 Å². The molecule has 0 saturated carbocycles. The maximum absolute atomic E-state index is 12.1. The number of hydrogen-bond donors (Lipinski definition) is 2. The molecule has 20 heavy (non-hydrogen) atoms. The summed E-state index contributed by atoms with van der Waals surface area (Å²) in [4.78, 5) is 17.5. The fraction of sp³-hybridized carbons (Fsp3) is 0.438. The molecule has 2 N–H and O–H groups in total. The van der Waals surface area contributed by atoms with E-state index >= 15 is 0 Å². The van der Waals surface area contributed by atoms with E-state index in [0.29, 0.717) is 6.54 Å². The molecule has 0 fully saturated rings. The number of aromatic amines is 1. The number of fused-ring (bicyclic) bond motifs is 1. The molecule has 2 rings (SSSR count). The number of Topliss-reactive ketones (excluding diaryl/α,β-unsaturated/α-hetero) is 1. The van der Waals surface area contributed by atoms with Crippen molar-refractivity contribution in [2.75, 3.05) is 32.7 Å². The lowest BCUT2D eigenvalue weighted by Crippen LogP contribution is -2.34. The lowest BCUT2D eigenvalue weighted by Gasteiger charge is -2.17. The Balaban J connectivity index is 1.82. The van der Waals surface area contributed by atoms with Crippen LogP contribution in [0.15, 0.2) is 24.4 Å². The highest BCUT2D eigenvalue weighted by molar-refractivity contribution is 6.00. The highest BCUT2D eigenvalue weighted by Crippen LogP contribution is 2.13. The molecule has 0 amide bonds. The molecule has 0 aliphatic carbocycles. The summed E-state index contributed by atoms with van der Waals surface area (Å²) in [6.45, 7) is 8.60. The number of rotatable bonds is 8. The molecule has 1 radical (unpaired) electrons. The van der Waals surface area contributed by atoms with Gasteiger partial charge in [-0.25, -0.2) is 0 Å². The Morgan fingerprint density at radius 1 is 1.35 bits per heavy atom. The molecule has 0 aliphatic heterocycles. The van der Waals surface area contributed by atoms with Crippen molar-refractivity contribution >= 4 is 16.7 Å². The van der Waals surface area contributed by atoms with Gasteiger partial charge in [0.05, 0.1) is 6.54 Å². The zero-order valence-electron chi connectivity index (χ0n) is 12.2. The van der Waals surface area contributed by atoms with E-state index in [1.807, 2.05) is 18.2 Å². The molecule has 0 atom stereocenters. The van der Waals surface area contributed by atoms with Crippen LogP contribution >= 0.6 is 0 Å². The highest BCUT2D eigenvalue weighted by atomic mass is 16.1. The first-order chi connectivity index (χ1) is 9.74. The molecule has 4 heteroatoms.